The fourth-order valence-electron chi connectivity index (χ4n) is 2.06. The molecule has 1 aliphatic rings. The van der Waals surface area contributed by atoms with Crippen molar-refractivity contribution >= 4 is 5.91 Å². The Bertz CT molecular complexity index is 380. The van der Waals surface area contributed by atoms with Crippen LogP contribution in [0.3, 0.4) is 0 Å². The summed E-state index contributed by atoms with van der Waals surface area (Å²) in [5, 5.41) is 9.39. The highest BCUT2D eigenvalue weighted by Gasteiger charge is 2.20. The Hall–Kier alpha value is -1.42. The summed E-state index contributed by atoms with van der Waals surface area (Å²) in [6.07, 6.45) is 6.84. The summed E-state index contributed by atoms with van der Waals surface area (Å²) in [6.45, 7) is 1.52. The predicted octanol–water partition coefficient (Wildman–Crippen LogP) is 1.32. The van der Waals surface area contributed by atoms with Gasteiger partial charge in [-0.15, -0.1) is 4.57 Å². The number of nitrogens with zero attached hydrogens (tertiary/aromatic N) is 1. The second kappa shape index (κ2) is 5.27. The van der Waals surface area contributed by atoms with Crippen molar-refractivity contribution in [3.8, 4) is 5.75 Å². The van der Waals surface area contributed by atoms with E-state index in [-0.39, 0.29) is 18.1 Å². The topological polar surface area (TPSA) is 50.4 Å². The minimum atomic E-state index is -0.162. The zero-order chi connectivity index (χ0) is 12.3. The molecule has 1 saturated carbocycles. The molecule has 4 heteroatoms. The summed E-state index contributed by atoms with van der Waals surface area (Å²) in [4.78, 5) is 11.1. The van der Waals surface area contributed by atoms with Crippen LogP contribution in [-0.2, 0) is 0 Å². The van der Waals surface area contributed by atoms with Crippen molar-refractivity contribution in [2.45, 2.75) is 44.8 Å². The molecule has 0 unspecified atom stereocenters. The molecule has 0 spiro atoms. The van der Waals surface area contributed by atoms with Crippen LogP contribution in [0.15, 0.2) is 24.5 Å². The monoisotopic (exact) mass is 236 g/mol. The number of hydrogen-bond acceptors (Lipinski definition) is 3. The smallest absolute Gasteiger partial charge is 0.389 e. The molecule has 0 saturated heterocycles. The molecule has 0 amide bonds. The van der Waals surface area contributed by atoms with E-state index in [1.54, 1.807) is 24.5 Å². The number of carbonyl (C=O) groups is 1. The first-order valence-electron chi connectivity index (χ1n) is 6.02. The number of rotatable bonds is 2. The number of aliphatic hydroxyl groups is 1. The number of ether oxygens (including phenoxy) is 1. The lowest BCUT2D eigenvalue weighted by Gasteiger charge is -2.25. The van der Waals surface area contributed by atoms with E-state index in [0.717, 1.165) is 31.4 Å². The van der Waals surface area contributed by atoms with E-state index < -0.39 is 0 Å². The first-order chi connectivity index (χ1) is 8.15. The van der Waals surface area contributed by atoms with Crippen LogP contribution >= 0.6 is 0 Å². The quantitative estimate of drug-likeness (QED) is 0.788. The van der Waals surface area contributed by atoms with Crippen molar-refractivity contribution in [3.05, 3.63) is 24.5 Å². The molecule has 0 aromatic carbocycles. The highest BCUT2D eigenvalue weighted by molar-refractivity contribution is 5.63. The first-order valence-corrected chi connectivity index (χ1v) is 6.02. The van der Waals surface area contributed by atoms with Gasteiger partial charge in [-0.3, -0.25) is 0 Å². The van der Waals surface area contributed by atoms with E-state index in [0.29, 0.717) is 0 Å². The van der Waals surface area contributed by atoms with Gasteiger partial charge in [-0.2, -0.15) is 0 Å². The van der Waals surface area contributed by atoms with Gasteiger partial charge < -0.3 is 9.84 Å². The fourth-order valence-corrected chi connectivity index (χ4v) is 2.06. The zero-order valence-electron chi connectivity index (χ0n) is 10.0. The van der Waals surface area contributed by atoms with Crippen molar-refractivity contribution in [2.75, 3.05) is 0 Å². The Morgan fingerprint density at radius 2 is 1.88 bits per heavy atom. The van der Waals surface area contributed by atoms with E-state index in [2.05, 4.69) is 0 Å². The number of aliphatic hydroxyl groups excluding tert-OH is 1. The van der Waals surface area contributed by atoms with Gasteiger partial charge in [0, 0.05) is 12.1 Å². The Kier molecular flexibility index (Phi) is 3.74. The van der Waals surface area contributed by atoms with Gasteiger partial charge in [0.1, 0.15) is 5.75 Å². The molecule has 0 radical (unpaired) electrons. The van der Waals surface area contributed by atoms with E-state index >= 15 is 0 Å². The number of aromatic nitrogens is 1. The molecule has 0 aliphatic heterocycles. The number of carbonyl (C=O) groups excluding carboxylic acids is 1. The summed E-state index contributed by atoms with van der Waals surface area (Å²) in [7, 11) is 0. The predicted molar refractivity (Wildman–Crippen MR) is 61.8 cm³/mol. The van der Waals surface area contributed by atoms with Gasteiger partial charge in [0.15, 0.2) is 12.4 Å². The summed E-state index contributed by atoms with van der Waals surface area (Å²) in [6, 6.07) is 3.60. The standard InChI is InChI=1S/C13H18NO3/c1-10(15)14-8-6-13(7-9-14)17-12-4-2-11(16)3-5-12/h6-9,11-12,16H,2-5H2,1H3/q+1. The average molecular weight is 236 g/mol. The number of hydrogen-bond donors (Lipinski definition) is 1. The van der Waals surface area contributed by atoms with Crippen LogP contribution in [0.2, 0.25) is 0 Å². The summed E-state index contributed by atoms with van der Waals surface area (Å²) in [5.41, 5.74) is 0. The molecule has 0 atom stereocenters. The van der Waals surface area contributed by atoms with E-state index in [1.165, 1.54) is 11.5 Å². The van der Waals surface area contributed by atoms with Gasteiger partial charge in [0.05, 0.1) is 19.1 Å². The molecular weight excluding hydrogens is 218 g/mol. The molecule has 1 N–H and O–H groups in total. The van der Waals surface area contributed by atoms with Gasteiger partial charge in [0.25, 0.3) is 0 Å². The van der Waals surface area contributed by atoms with E-state index in [9.17, 15) is 9.90 Å². The fraction of sp³-hybridized carbons (Fsp3) is 0.538. The third kappa shape index (κ3) is 3.27. The van der Waals surface area contributed by atoms with Crippen molar-refractivity contribution in [1.82, 2.24) is 0 Å². The molecule has 1 aromatic heterocycles. The zero-order valence-corrected chi connectivity index (χ0v) is 10.0. The SMILES string of the molecule is CC(=O)[n+]1ccc(OC2CCC(O)CC2)cc1. The molecule has 2 rings (SSSR count). The lowest BCUT2D eigenvalue weighted by atomic mass is 9.95. The second-order valence-corrected chi connectivity index (χ2v) is 4.51. The van der Waals surface area contributed by atoms with Crippen LogP contribution < -0.4 is 9.30 Å². The summed E-state index contributed by atoms with van der Waals surface area (Å²) < 4.78 is 7.31. The lowest BCUT2D eigenvalue weighted by molar-refractivity contribution is -0.572. The van der Waals surface area contributed by atoms with Gasteiger partial charge in [0.2, 0.25) is 0 Å². The maximum atomic E-state index is 11.1. The highest BCUT2D eigenvalue weighted by atomic mass is 16.5. The van der Waals surface area contributed by atoms with Crippen molar-refractivity contribution < 1.29 is 19.2 Å². The Morgan fingerprint density at radius 3 is 2.41 bits per heavy atom. The van der Waals surface area contributed by atoms with Crippen LogP contribution in [0.5, 0.6) is 5.75 Å². The first kappa shape index (κ1) is 12.0. The molecule has 1 aliphatic carbocycles. The van der Waals surface area contributed by atoms with Gasteiger partial charge >= 0.3 is 5.91 Å². The molecule has 1 fully saturated rings. The molecule has 92 valence electrons. The van der Waals surface area contributed by atoms with Crippen molar-refractivity contribution in [3.63, 3.8) is 0 Å². The van der Waals surface area contributed by atoms with Crippen LogP contribution in [0.1, 0.15) is 37.4 Å². The molecule has 4 nitrogen and oxygen atoms in total. The molecule has 0 bridgehead atoms. The lowest BCUT2D eigenvalue weighted by Crippen LogP contribution is -2.39. The van der Waals surface area contributed by atoms with Crippen LogP contribution in [0, 0.1) is 0 Å². The van der Waals surface area contributed by atoms with Crippen LogP contribution in [-0.4, -0.2) is 23.2 Å². The van der Waals surface area contributed by atoms with Gasteiger partial charge in [-0.1, -0.05) is 0 Å². The summed E-state index contributed by atoms with van der Waals surface area (Å²) in [5.74, 6) is 0.765. The Labute approximate surface area is 101 Å². The van der Waals surface area contributed by atoms with Crippen molar-refractivity contribution in [2.24, 2.45) is 0 Å². The van der Waals surface area contributed by atoms with Crippen LogP contribution in [0.25, 0.3) is 0 Å². The minimum Gasteiger partial charge on any atom is -0.490 e. The third-order valence-electron chi connectivity index (χ3n) is 3.11. The second-order valence-electron chi connectivity index (χ2n) is 4.51. The normalized spacial score (nSPS) is 24.4. The van der Waals surface area contributed by atoms with E-state index in [1.807, 2.05) is 0 Å². The largest absolute Gasteiger partial charge is 0.490 e. The van der Waals surface area contributed by atoms with Gasteiger partial charge in [-0.25, -0.2) is 4.79 Å². The average Bonchev–Trinajstić information content (AvgIpc) is 2.33. The molecular formula is C13H18NO3+. The third-order valence-corrected chi connectivity index (χ3v) is 3.11. The minimum absolute atomic E-state index is 0.0164. The molecule has 17 heavy (non-hydrogen) atoms. The maximum absolute atomic E-state index is 11.1. The molecule has 1 heterocycles. The highest BCUT2D eigenvalue weighted by Crippen LogP contribution is 2.22. The maximum Gasteiger partial charge on any atom is 0.389 e. The Morgan fingerprint density at radius 1 is 1.29 bits per heavy atom. The van der Waals surface area contributed by atoms with Crippen molar-refractivity contribution in [1.29, 1.82) is 0 Å². The van der Waals surface area contributed by atoms with Crippen LogP contribution in [0.4, 0.5) is 0 Å². The van der Waals surface area contributed by atoms with Gasteiger partial charge in [-0.05, 0) is 25.7 Å². The number of pyridine rings is 1. The molecule has 1 aromatic rings. The van der Waals surface area contributed by atoms with E-state index in [4.69, 9.17) is 4.74 Å². The Balaban J connectivity index is 1.92. The summed E-state index contributed by atoms with van der Waals surface area (Å²) >= 11 is 0.